The maximum absolute atomic E-state index is 11.3. The first-order valence-corrected chi connectivity index (χ1v) is 6.32. The Hall–Kier alpha value is -2.41. The van der Waals surface area contributed by atoms with Gasteiger partial charge in [-0.15, -0.1) is 0 Å². The van der Waals surface area contributed by atoms with Gasteiger partial charge < -0.3 is 10.5 Å². The number of benzene rings is 1. The van der Waals surface area contributed by atoms with Gasteiger partial charge in [-0.05, 0) is 25.6 Å². The summed E-state index contributed by atoms with van der Waals surface area (Å²) in [6, 6.07) is 4.98. The first-order chi connectivity index (χ1) is 9.69. The lowest BCUT2D eigenvalue weighted by Crippen LogP contribution is -2.10. The molecule has 0 unspecified atom stereocenters. The van der Waals surface area contributed by atoms with Crippen LogP contribution in [0.1, 0.15) is 12.7 Å². The lowest BCUT2D eigenvalue weighted by Gasteiger charge is -2.11. The molecule has 0 aliphatic heterocycles. The van der Waals surface area contributed by atoms with Crippen LogP contribution >= 0.6 is 0 Å². The van der Waals surface area contributed by atoms with E-state index in [1.165, 1.54) is 0 Å². The number of para-hydroxylation sites is 1. The molecule has 0 fully saturated rings. The SMILES string of the molecule is CCOc1cccc(-n2ccnc2CCN)c1[N+](=O)[O-]. The van der Waals surface area contributed by atoms with Gasteiger partial charge in [-0.25, -0.2) is 4.98 Å². The van der Waals surface area contributed by atoms with Crippen LogP contribution in [-0.4, -0.2) is 27.6 Å². The fraction of sp³-hybridized carbons (Fsp3) is 0.308. The minimum Gasteiger partial charge on any atom is -0.487 e. The van der Waals surface area contributed by atoms with Crippen LogP contribution in [0.3, 0.4) is 0 Å². The molecule has 0 aliphatic carbocycles. The average molecular weight is 276 g/mol. The van der Waals surface area contributed by atoms with Crippen molar-refractivity contribution in [3.8, 4) is 11.4 Å². The van der Waals surface area contributed by atoms with E-state index < -0.39 is 4.92 Å². The fourth-order valence-electron chi connectivity index (χ4n) is 2.03. The Balaban J connectivity index is 2.58. The molecule has 1 heterocycles. The number of nitrogens with zero attached hydrogens (tertiary/aromatic N) is 3. The molecular formula is C13H16N4O3. The van der Waals surface area contributed by atoms with Gasteiger partial charge in [0.15, 0.2) is 5.75 Å². The summed E-state index contributed by atoms with van der Waals surface area (Å²) in [5.74, 6) is 0.937. The quantitative estimate of drug-likeness (QED) is 0.639. The molecule has 0 amide bonds. The molecule has 0 atom stereocenters. The zero-order valence-electron chi connectivity index (χ0n) is 11.2. The highest BCUT2D eigenvalue weighted by Gasteiger charge is 2.23. The van der Waals surface area contributed by atoms with E-state index in [1.807, 2.05) is 0 Å². The number of nitro benzene ring substituents is 1. The summed E-state index contributed by atoms with van der Waals surface area (Å²) >= 11 is 0. The van der Waals surface area contributed by atoms with Crippen molar-refractivity contribution >= 4 is 5.69 Å². The average Bonchev–Trinajstić information content (AvgIpc) is 2.87. The van der Waals surface area contributed by atoms with E-state index in [4.69, 9.17) is 10.5 Å². The fourth-order valence-corrected chi connectivity index (χ4v) is 2.03. The molecule has 0 saturated heterocycles. The van der Waals surface area contributed by atoms with E-state index in [0.717, 1.165) is 0 Å². The third-order valence-corrected chi connectivity index (χ3v) is 2.80. The van der Waals surface area contributed by atoms with Crippen molar-refractivity contribution in [3.63, 3.8) is 0 Å². The van der Waals surface area contributed by atoms with E-state index in [2.05, 4.69) is 4.98 Å². The van der Waals surface area contributed by atoms with Crippen LogP contribution in [0.5, 0.6) is 5.75 Å². The Morgan fingerprint density at radius 1 is 1.50 bits per heavy atom. The van der Waals surface area contributed by atoms with E-state index in [0.29, 0.717) is 31.1 Å². The van der Waals surface area contributed by atoms with E-state index >= 15 is 0 Å². The van der Waals surface area contributed by atoms with Crippen LogP contribution in [-0.2, 0) is 6.42 Å². The topological polar surface area (TPSA) is 96.2 Å². The number of hydrogen-bond acceptors (Lipinski definition) is 5. The predicted octanol–water partition coefficient (Wildman–Crippen LogP) is 1.68. The van der Waals surface area contributed by atoms with Gasteiger partial charge in [-0.2, -0.15) is 0 Å². The molecule has 0 saturated carbocycles. The molecule has 0 radical (unpaired) electrons. The van der Waals surface area contributed by atoms with Gasteiger partial charge in [-0.1, -0.05) is 6.07 Å². The maximum atomic E-state index is 11.3. The molecule has 2 aromatic rings. The minimum atomic E-state index is -0.438. The molecule has 7 heteroatoms. The van der Waals surface area contributed by atoms with E-state index in [1.54, 1.807) is 42.1 Å². The van der Waals surface area contributed by atoms with E-state index in [-0.39, 0.29) is 11.4 Å². The van der Waals surface area contributed by atoms with Crippen molar-refractivity contribution in [2.24, 2.45) is 5.73 Å². The van der Waals surface area contributed by atoms with Gasteiger partial charge in [0.1, 0.15) is 11.5 Å². The molecule has 7 nitrogen and oxygen atoms in total. The highest BCUT2D eigenvalue weighted by atomic mass is 16.6. The summed E-state index contributed by atoms with van der Waals surface area (Å²) in [5, 5.41) is 11.3. The third-order valence-electron chi connectivity index (χ3n) is 2.80. The molecule has 0 aliphatic rings. The van der Waals surface area contributed by atoms with Gasteiger partial charge >= 0.3 is 5.69 Å². The zero-order valence-corrected chi connectivity index (χ0v) is 11.2. The van der Waals surface area contributed by atoms with Crippen molar-refractivity contribution in [1.82, 2.24) is 9.55 Å². The number of ether oxygens (including phenoxy) is 1. The number of rotatable bonds is 6. The first kappa shape index (κ1) is 14.0. The van der Waals surface area contributed by atoms with Gasteiger partial charge in [0.25, 0.3) is 0 Å². The number of nitro groups is 1. The second-order valence-corrected chi connectivity index (χ2v) is 4.07. The lowest BCUT2D eigenvalue weighted by atomic mass is 10.2. The molecule has 0 spiro atoms. The maximum Gasteiger partial charge on any atom is 0.334 e. The Labute approximate surface area is 116 Å². The molecular weight excluding hydrogens is 260 g/mol. The van der Waals surface area contributed by atoms with Crippen LogP contribution in [0, 0.1) is 10.1 Å². The Kier molecular flexibility index (Phi) is 4.31. The Bertz CT molecular complexity index is 609. The normalized spacial score (nSPS) is 10.5. The summed E-state index contributed by atoms with van der Waals surface area (Å²) in [6.07, 6.45) is 3.83. The van der Waals surface area contributed by atoms with Crippen molar-refractivity contribution in [1.29, 1.82) is 0 Å². The second kappa shape index (κ2) is 6.16. The molecule has 106 valence electrons. The van der Waals surface area contributed by atoms with Crippen molar-refractivity contribution in [3.05, 3.63) is 46.5 Å². The van der Waals surface area contributed by atoms with Gasteiger partial charge in [0.2, 0.25) is 0 Å². The van der Waals surface area contributed by atoms with E-state index in [9.17, 15) is 10.1 Å². The minimum absolute atomic E-state index is 0.0642. The molecule has 20 heavy (non-hydrogen) atoms. The van der Waals surface area contributed by atoms with Crippen LogP contribution < -0.4 is 10.5 Å². The Morgan fingerprint density at radius 2 is 2.30 bits per heavy atom. The van der Waals surface area contributed by atoms with Crippen LogP contribution in [0.15, 0.2) is 30.6 Å². The van der Waals surface area contributed by atoms with Crippen LogP contribution in [0.4, 0.5) is 5.69 Å². The summed E-state index contributed by atoms with van der Waals surface area (Å²) < 4.78 is 7.01. The molecule has 0 bridgehead atoms. The van der Waals surface area contributed by atoms with Crippen LogP contribution in [0.25, 0.3) is 5.69 Å². The third kappa shape index (κ3) is 2.62. The predicted molar refractivity (Wildman–Crippen MR) is 74.1 cm³/mol. The highest BCUT2D eigenvalue weighted by Crippen LogP contribution is 2.33. The van der Waals surface area contributed by atoms with Gasteiger partial charge in [0.05, 0.1) is 11.5 Å². The second-order valence-electron chi connectivity index (χ2n) is 4.07. The van der Waals surface area contributed by atoms with Crippen molar-refractivity contribution < 1.29 is 9.66 Å². The number of imidazole rings is 1. The number of hydrogen-bond donors (Lipinski definition) is 1. The summed E-state index contributed by atoms with van der Waals surface area (Å²) in [7, 11) is 0. The van der Waals surface area contributed by atoms with Crippen molar-refractivity contribution in [2.45, 2.75) is 13.3 Å². The standard InChI is InChI=1S/C13H16N4O3/c1-2-20-11-5-3-4-10(13(11)17(18)19)16-9-8-15-12(16)6-7-14/h3-5,8-9H,2,6-7,14H2,1H3. The first-order valence-electron chi connectivity index (χ1n) is 6.32. The highest BCUT2D eigenvalue weighted by molar-refractivity contribution is 5.61. The van der Waals surface area contributed by atoms with Crippen LogP contribution in [0.2, 0.25) is 0 Å². The molecule has 2 rings (SSSR count). The number of aromatic nitrogens is 2. The zero-order chi connectivity index (χ0) is 14.5. The van der Waals surface area contributed by atoms with Crippen molar-refractivity contribution in [2.75, 3.05) is 13.2 Å². The molecule has 2 N–H and O–H groups in total. The monoisotopic (exact) mass is 276 g/mol. The van der Waals surface area contributed by atoms with Gasteiger partial charge in [-0.3, -0.25) is 14.7 Å². The Morgan fingerprint density at radius 3 is 2.95 bits per heavy atom. The largest absolute Gasteiger partial charge is 0.487 e. The number of nitrogens with two attached hydrogens (primary N) is 1. The summed E-state index contributed by atoms with van der Waals surface area (Å²) in [4.78, 5) is 15.1. The summed E-state index contributed by atoms with van der Waals surface area (Å²) in [5.41, 5.74) is 5.90. The smallest absolute Gasteiger partial charge is 0.334 e. The summed E-state index contributed by atoms with van der Waals surface area (Å²) in [6.45, 7) is 2.58. The molecule has 1 aromatic carbocycles. The lowest BCUT2D eigenvalue weighted by molar-refractivity contribution is -0.385. The van der Waals surface area contributed by atoms with Gasteiger partial charge in [0, 0.05) is 18.8 Å². The molecule has 1 aromatic heterocycles.